The topological polar surface area (TPSA) is 26.3 Å². The summed E-state index contributed by atoms with van der Waals surface area (Å²) in [6, 6.07) is 0. The first kappa shape index (κ1) is 15.9. The number of halogens is 1. The summed E-state index contributed by atoms with van der Waals surface area (Å²) in [4.78, 5) is 9.90. The van der Waals surface area contributed by atoms with Crippen molar-refractivity contribution in [1.29, 1.82) is 0 Å². The number of esters is 1. The Bertz CT molecular complexity index is 52.0. The number of carbonyl (C=O) groups is 1. The van der Waals surface area contributed by atoms with Crippen molar-refractivity contribution in [1.82, 2.24) is 0 Å². The van der Waals surface area contributed by atoms with Crippen LogP contribution in [0.1, 0.15) is 6.42 Å². The normalized spacial score (nSPS) is 5.75. The first-order chi connectivity index (χ1) is 2.81. The molecule has 0 aromatic heterocycles. The monoisotopic (exact) mass is 278 g/mol. The molecule has 0 atom stereocenters. The maximum atomic E-state index is 9.90. The average molecular weight is 279 g/mol. The molecule has 0 aromatic carbocycles. The molecule has 0 aliphatic carbocycles. The molecule has 0 amide bonds. The fourth-order valence-corrected chi connectivity index (χ4v) is 0.102. The average Bonchev–Trinajstić information content (AvgIpc) is 1.65. The van der Waals surface area contributed by atoms with E-state index in [0.29, 0.717) is 0 Å². The third-order valence-corrected chi connectivity index (χ3v) is 0.432. The smallest absolute Gasteiger partial charge is 1.00 e. The summed E-state index contributed by atoms with van der Waals surface area (Å²) < 4.78 is 4.20. The largest absolute Gasteiger partial charge is 2.00 e. The van der Waals surface area contributed by atoms with E-state index in [0.717, 1.165) is 0 Å². The summed E-state index contributed by atoms with van der Waals surface area (Å²) in [5.41, 5.74) is 0. The van der Waals surface area contributed by atoms with Gasteiger partial charge in [0.15, 0.2) is 0 Å². The Labute approximate surface area is 79.1 Å². The van der Waals surface area contributed by atoms with Crippen LogP contribution in [0.3, 0.4) is 0 Å². The van der Waals surface area contributed by atoms with Crippen molar-refractivity contribution in [2.45, 2.75) is 6.42 Å². The number of rotatable bonds is 1. The van der Waals surface area contributed by atoms with Crippen LogP contribution in [0.5, 0.6) is 0 Å². The van der Waals surface area contributed by atoms with E-state index in [9.17, 15) is 4.79 Å². The van der Waals surface area contributed by atoms with E-state index in [1.807, 2.05) is 0 Å². The first-order valence-electron chi connectivity index (χ1n) is 1.67. The van der Waals surface area contributed by atoms with Gasteiger partial charge < -0.3 is 35.6 Å². The van der Waals surface area contributed by atoms with E-state index in [1.165, 1.54) is 7.11 Å². The molecule has 0 fully saturated rings. The van der Waals surface area contributed by atoms with Gasteiger partial charge in [-0.05, 0) is 0 Å². The predicted molar refractivity (Wildman–Crippen MR) is 22.0 cm³/mol. The molecule has 0 aliphatic heterocycles. The van der Waals surface area contributed by atoms with Crippen LogP contribution in [-0.4, -0.2) is 13.1 Å². The molecule has 4 heteroatoms. The van der Waals surface area contributed by atoms with Gasteiger partial charge in [-0.1, -0.05) is 6.42 Å². The summed E-state index contributed by atoms with van der Waals surface area (Å²) >= 11 is 0. The summed E-state index contributed by atoms with van der Waals surface area (Å²) in [5, 5.41) is 0. The van der Waals surface area contributed by atoms with Gasteiger partial charge in [-0.3, -0.25) is 4.79 Å². The number of carbonyl (C=O) groups excluding carboxylic acids is 1. The minimum Gasteiger partial charge on any atom is -1.00 e. The molecule has 0 spiro atoms. The van der Waals surface area contributed by atoms with Crippen LogP contribution in [0.15, 0.2) is 0 Å². The van der Waals surface area contributed by atoms with Gasteiger partial charge in [0.05, 0.1) is 7.11 Å². The molecule has 8 heavy (non-hydrogen) atoms. The van der Waals surface area contributed by atoms with Crippen LogP contribution in [0.25, 0.3) is 0 Å². The van der Waals surface area contributed by atoms with Crippen LogP contribution in [0.4, 0.5) is 0 Å². The van der Waals surface area contributed by atoms with E-state index in [-0.39, 0.29) is 55.8 Å². The van der Waals surface area contributed by atoms with Gasteiger partial charge >= 0.3 is 19.5 Å². The van der Waals surface area contributed by atoms with E-state index >= 15 is 0 Å². The molecular formula is C4H7IO2Zn. The Kier molecular flexibility index (Phi) is 21.4. The quantitative estimate of drug-likeness (QED) is 0.227. The molecule has 0 N–H and O–H groups in total. The van der Waals surface area contributed by atoms with Crippen LogP contribution >= 0.6 is 0 Å². The fraction of sp³-hybridized carbons (Fsp3) is 0.500. The molecule has 0 unspecified atom stereocenters. The molecule has 0 aliphatic rings. The second-order valence-corrected chi connectivity index (χ2v) is 0.826. The van der Waals surface area contributed by atoms with Gasteiger partial charge in [0.2, 0.25) is 0 Å². The van der Waals surface area contributed by atoms with Gasteiger partial charge in [-0.15, -0.1) is 0 Å². The Balaban J connectivity index is -0.000000125. The van der Waals surface area contributed by atoms with Crippen molar-refractivity contribution >= 4 is 5.97 Å². The Morgan fingerprint density at radius 3 is 2.12 bits per heavy atom. The number of hydrogen-bond donors (Lipinski definition) is 0. The first-order valence-corrected chi connectivity index (χ1v) is 1.67. The molecular weight excluding hydrogens is 272 g/mol. The zero-order chi connectivity index (χ0) is 4.99. The van der Waals surface area contributed by atoms with Gasteiger partial charge in [0.1, 0.15) is 0 Å². The molecule has 0 saturated carbocycles. The van der Waals surface area contributed by atoms with Gasteiger partial charge in [0, 0.05) is 0 Å². The van der Waals surface area contributed by atoms with Gasteiger partial charge in [-0.25, -0.2) is 0 Å². The SMILES string of the molecule is [CH2-]CC(=O)OC.[I-].[Zn+2]. The van der Waals surface area contributed by atoms with Gasteiger partial charge in [-0.2, -0.15) is 0 Å². The van der Waals surface area contributed by atoms with E-state index in [2.05, 4.69) is 11.7 Å². The summed E-state index contributed by atoms with van der Waals surface area (Å²) in [5.74, 6) is -0.269. The maximum absolute atomic E-state index is 9.90. The second kappa shape index (κ2) is 10.7. The van der Waals surface area contributed by atoms with Crippen LogP contribution in [0, 0.1) is 6.92 Å². The molecule has 0 bridgehead atoms. The van der Waals surface area contributed by atoms with Crippen LogP contribution < -0.4 is 24.0 Å². The second-order valence-electron chi connectivity index (χ2n) is 0.826. The Morgan fingerprint density at radius 1 is 1.75 bits per heavy atom. The molecule has 0 saturated heterocycles. The molecule has 2 nitrogen and oxygen atoms in total. The minimum atomic E-state index is -0.269. The predicted octanol–water partition coefficient (Wildman–Crippen LogP) is -2.61. The van der Waals surface area contributed by atoms with Crippen LogP contribution in [0.2, 0.25) is 0 Å². The zero-order valence-corrected chi connectivity index (χ0v) is 9.94. The van der Waals surface area contributed by atoms with Crippen molar-refractivity contribution in [2.75, 3.05) is 7.11 Å². The number of hydrogen-bond acceptors (Lipinski definition) is 2. The fourth-order valence-electron chi connectivity index (χ4n) is 0.102. The third kappa shape index (κ3) is 9.95. The molecule has 0 heterocycles. The van der Waals surface area contributed by atoms with Gasteiger partial charge in [0.25, 0.3) is 5.97 Å². The van der Waals surface area contributed by atoms with Crippen molar-refractivity contribution in [2.24, 2.45) is 0 Å². The van der Waals surface area contributed by atoms with E-state index in [1.54, 1.807) is 0 Å². The Hall–Kier alpha value is 0.823. The molecule has 0 rings (SSSR count). The minimum absolute atomic E-state index is 0. The summed E-state index contributed by atoms with van der Waals surface area (Å²) in [6.07, 6.45) is 0.219. The van der Waals surface area contributed by atoms with E-state index in [4.69, 9.17) is 0 Å². The van der Waals surface area contributed by atoms with Crippen molar-refractivity contribution in [3.8, 4) is 0 Å². The van der Waals surface area contributed by atoms with Crippen LogP contribution in [-0.2, 0) is 29.0 Å². The number of ether oxygens (including phenoxy) is 1. The molecule has 0 aromatic rings. The zero-order valence-electron chi connectivity index (χ0n) is 4.82. The molecule has 44 valence electrons. The van der Waals surface area contributed by atoms with E-state index < -0.39 is 0 Å². The maximum Gasteiger partial charge on any atom is 2.00 e. The summed E-state index contributed by atoms with van der Waals surface area (Å²) in [6.45, 7) is 3.28. The summed E-state index contributed by atoms with van der Waals surface area (Å²) in [7, 11) is 1.34. The Morgan fingerprint density at radius 2 is 2.12 bits per heavy atom. The van der Waals surface area contributed by atoms with Crippen molar-refractivity contribution < 1.29 is 53.0 Å². The third-order valence-electron chi connectivity index (χ3n) is 0.432. The standard InChI is InChI=1S/C4H7O2.HI.Zn/c1-3-4(5)6-2;;/h1,3H2,2H3;1H;/q-1;;+2/p-1. The number of methoxy groups -OCH3 is 1. The molecule has 0 radical (unpaired) electrons. The van der Waals surface area contributed by atoms with Crippen molar-refractivity contribution in [3.63, 3.8) is 0 Å². The van der Waals surface area contributed by atoms with Crippen molar-refractivity contribution in [3.05, 3.63) is 6.92 Å².